The number of hydrogen-bond donors (Lipinski definition) is 1. The first kappa shape index (κ1) is 14.8. The molecule has 17 heavy (non-hydrogen) atoms. The van der Waals surface area contributed by atoms with Crippen LogP contribution < -0.4 is 4.72 Å². The Balaban J connectivity index is 2.69. The number of hydrogen-bond acceptors (Lipinski definition) is 2. The molecule has 0 aliphatic heterocycles. The zero-order valence-corrected chi connectivity index (χ0v) is 11.8. The lowest BCUT2D eigenvalue weighted by molar-refractivity contribution is 0.530. The second kappa shape index (κ2) is 6.59. The van der Waals surface area contributed by atoms with Gasteiger partial charge in [-0.05, 0) is 30.5 Å². The van der Waals surface area contributed by atoms with Gasteiger partial charge in [-0.15, -0.1) is 11.6 Å². The van der Waals surface area contributed by atoms with Gasteiger partial charge in [0.05, 0.1) is 4.90 Å². The smallest absolute Gasteiger partial charge is 0.211 e. The van der Waals surface area contributed by atoms with Crippen LogP contribution in [0.3, 0.4) is 0 Å². The van der Waals surface area contributed by atoms with Crippen LogP contribution in [0.25, 0.3) is 0 Å². The highest BCUT2D eigenvalue weighted by atomic mass is 35.5. The van der Waals surface area contributed by atoms with Crippen LogP contribution in [-0.4, -0.2) is 20.8 Å². The monoisotopic (exact) mass is 295 g/mol. The molecule has 0 spiro atoms. The van der Waals surface area contributed by atoms with Crippen molar-refractivity contribution in [3.8, 4) is 0 Å². The van der Waals surface area contributed by atoms with Crippen molar-refractivity contribution in [1.82, 2.24) is 4.72 Å². The minimum absolute atomic E-state index is 0.183. The summed E-state index contributed by atoms with van der Waals surface area (Å²) < 4.78 is 26.3. The summed E-state index contributed by atoms with van der Waals surface area (Å²) in [4.78, 5) is 0.183. The van der Waals surface area contributed by atoms with Gasteiger partial charge in [0.25, 0.3) is 0 Å². The van der Waals surface area contributed by atoms with Crippen LogP contribution >= 0.6 is 23.2 Å². The molecule has 96 valence electrons. The van der Waals surface area contributed by atoms with E-state index in [2.05, 4.69) is 4.72 Å². The van der Waals surface area contributed by atoms with E-state index in [1.54, 1.807) is 12.1 Å². The zero-order valence-electron chi connectivity index (χ0n) is 9.49. The lowest BCUT2D eigenvalue weighted by atomic mass is 10.1. The maximum atomic E-state index is 11.9. The van der Waals surface area contributed by atoms with Crippen LogP contribution in [0.5, 0.6) is 0 Å². The normalized spacial score (nSPS) is 13.6. The molecule has 0 amide bonds. The standard InChI is InChI=1S/C11H15Cl2NO2S/c1-9(5-6-12)8-14-17(15,16)11-4-2-3-10(13)7-11/h2-4,7,9,14H,5-6,8H2,1H3. The molecule has 0 aromatic heterocycles. The number of rotatable bonds is 6. The Hall–Kier alpha value is -0.290. The van der Waals surface area contributed by atoms with E-state index < -0.39 is 10.0 Å². The molecule has 0 bridgehead atoms. The molecular weight excluding hydrogens is 281 g/mol. The molecule has 0 radical (unpaired) electrons. The first-order valence-corrected chi connectivity index (χ1v) is 7.66. The van der Waals surface area contributed by atoms with Gasteiger partial charge in [-0.3, -0.25) is 0 Å². The minimum Gasteiger partial charge on any atom is -0.211 e. The van der Waals surface area contributed by atoms with Crippen LogP contribution in [0.1, 0.15) is 13.3 Å². The van der Waals surface area contributed by atoms with Crippen molar-refractivity contribution >= 4 is 33.2 Å². The van der Waals surface area contributed by atoms with Gasteiger partial charge in [-0.25, -0.2) is 13.1 Å². The second-order valence-corrected chi connectivity index (χ2v) is 6.47. The highest BCUT2D eigenvalue weighted by Crippen LogP contribution is 2.15. The Morgan fingerprint density at radius 2 is 2.12 bits per heavy atom. The Kier molecular flexibility index (Phi) is 5.73. The molecule has 1 aromatic carbocycles. The maximum Gasteiger partial charge on any atom is 0.240 e. The molecule has 0 aliphatic carbocycles. The Morgan fingerprint density at radius 3 is 2.71 bits per heavy atom. The molecule has 0 fully saturated rings. The van der Waals surface area contributed by atoms with Gasteiger partial charge >= 0.3 is 0 Å². The van der Waals surface area contributed by atoms with Gasteiger partial charge in [-0.2, -0.15) is 0 Å². The highest BCUT2D eigenvalue weighted by Gasteiger charge is 2.15. The second-order valence-electron chi connectivity index (χ2n) is 3.89. The van der Waals surface area contributed by atoms with E-state index in [4.69, 9.17) is 23.2 Å². The summed E-state index contributed by atoms with van der Waals surface area (Å²) in [5.74, 6) is 0.738. The summed E-state index contributed by atoms with van der Waals surface area (Å²) in [7, 11) is -3.47. The number of nitrogens with one attached hydrogen (secondary N) is 1. The summed E-state index contributed by atoms with van der Waals surface area (Å²) >= 11 is 11.3. The van der Waals surface area contributed by atoms with Crippen LogP contribution in [0.4, 0.5) is 0 Å². The van der Waals surface area contributed by atoms with Crippen molar-refractivity contribution in [2.75, 3.05) is 12.4 Å². The fourth-order valence-corrected chi connectivity index (χ4v) is 3.10. The fraction of sp³-hybridized carbons (Fsp3) is 0.455. The molecular formula is C11H15Cl2NO2S. The van der Waals surface area contributed by atoms with E-state index in [0.29, 0.717) is 17.4 Å². The SMILES string of the molecule is CC(CCCl)CNS(=O)(=O)c1cccc(Cl)c1. The van der Waals surface area contributed by atoms with E-state index in [1.165, 1.54) is 12.1 Å². The first-order valence-electron chi connectivity index (χ1n) is 5.27. The van der Waals surface area contributed by atoms with Gasteiger partial charge in [0, 0.05) is 17.4 Å². The molecule has 1 atom stereocenters. The van der Waals surface area contributed by atoms with Gasteiger partial charge in [0.15, 0.2) is 0 Å². The van der Waals surface area contributed by atoms with Gasteiger partial charge in [-0.1, -0.05) is 24.6 Å². The molecule has 0 saturated carbocycles. The van der Waals surface area contributed by atoms with Gasteiger partial charge < -0.3 is 0 Å². The average molecular weight is 296 g/mol. The third-order valence-electron chi connectivity index (χ3n) is 2.33. The summed E-state index contributed by atoms with van der Waals surface area (Å²) in [6, 6.07) is 6.19. The molecule has 1 rings (SSSR count). The van der Waals surface area contributed by atoms with Crippen molar-refractivity contribution in [2.24, 2.45) is 5.92 Å². The molecule has 0 heterocycles. The maximum absolute atomic E-state index is 11.9. The molecule has 0 saturated heterocycles. The lowest BCUT2D eigenvalue weighted by Gasteiger charge is -2.11. The number of halogens is 2. The number of alkyl halides is 1. The highest BCUT2D eigenvalue weighted by molar-refractivity contribution is 7.89. The Labute approximate surface area is 112 Å². The van der Waals surface area contributed by atoms with Crippen LogP contribution in [0.2, 0.25) is 5.02 Å². The summed E-state index contributed by atoms with van der Waals surface area (Å²) in [5.41, 5.74) is 0. The summed E-state index contributed by atoms with van der Waals surface area (Å²) in [6.45, 7) is 2.32. The zero-order chi connectivity index (χ0) is 12.9. The van der Waals surface area contributed by atoms with Crippen LogP contribution in [-0.2, 0) is 10.0 Å². The fourth-order valence-electron chi connectivity index (χ4n) is 1.26. The van der Waals surface area contributed by atoms with E-state index in [9.17, 15) is 8.42 Å². The van der Waals surface area contributed by atoms with E-state index in [1.807, 2.05) is 6.92 Å². The Bertz CT molecular complexity index is 462. The first-order chi connectivity index (χ1) is 7.95. The average Bonchev–Trinajstić information content (AvgIpc) is 2.27. The molecule has 1 N–H and O–H groups in total. The van der Waals surface area contributed by atoms with Crippen molar-refractivity contribution in [1.29, 1.82) is 0 Å². The largest absolute Gasteiger partial charge is 0.240 e. The van der Waals surface area contributed by atoms with E-state index in [0.717, 1.165) is 6.42 Å². The third-order valence-corrected chi connectivity index (χ3v) is 4.20. The predicted molar refractivity (Wildman–Crippen MR) is 71.1 cm³/mol. The van der Waals surface area contributed by atoms with Crippen molar-refractivity contribution < 1.29 is 8.42 Å². The molecule has 6 heteroatoms. The number of benzene rings is 1. The van der Waals surface area contributed by atoms with Crippen molar-refractivity contribution in [3.05, 3.63) is 29.3 Å². The van der Waals surface area contributed by atoms with E-state index in [-0.39, 0.29) is 10.8 Å². The minimum atomic E-state index is -3.47. The number of sulfonamides is 1. The molecule has 1 unspecified atom stereocenters. The van der Waals surface area contributed by atoms with Gasteiger partial charge in [0.2, 0.25) is 10.0 Å². The molecule has 3 nitrogen and oxygen atoms in total. The van der Waals surface area contributed by atoms with Crippen molar-refractivity contribution in [2.45, 2.75) is 18.2 Å². The predicted octanol–water partition coefficient (Wildman–Crippen LogP) is 2.88. The van der Waals surface area contributed by atoms with Crippen LogP contribution in [0, 0.1) is 5.92 Å². The molecule has 1 aromatic rings. The van der Waals surface area contributed by atoms with Gasteiger partial charge in [0.1, 0.15) is 0 Å². The van der Waals surface area contributed by atoms with Crippen molar-refractivity contribution in [3.63, 3.8) is 0 Å². The Morgan fingerprint density at radius 1 is 1.41 bits per heavy atom. The lowest BCUT2D eigenvalue weighted by Crippen LogP contribution is -2.28. The summed E-state index contributed by atoms with van der Waals surface area (Å²) in [6.07, 6.45) is 0.777. The topological polar surface area (TPSA) is 46.2 Å². The summed E-state index contributed by atoms with van der Waals surface area (Å²) in [5, 5.41) is 0.404. The quantitative estimate of drug-likeness (QED) is 0.820. The molecule has 0 aliphatic rings. The van der Waals surface area contributed by atoms with Crippen LogP contribution in [0.15, 0.2) is 29.2 Å². The van der Waals surface area contributed by atoms with E-state index >= 15 is 0 Å². The third kappa shape index (κ3) is 4.84.